The van der Waals surface area contributed by atoms with Crippen molar-refractivity contribution in [3.05, 3.63) is 22.4 Å². The number of rotatable bonds is 7. The van der Waals surface area contributed by atoms with Gasteiger partial charge in [0.15, 0.2) is 5.96 Å². The largest absolute Gasteiger partial charge is 0.376 e. The number of guanidine groups is 1. The van der Waals surface area contributed by atoms with Crippen LogP contribution in [0, 0.1) is 0 Å². The third-order valence-electron chi connectivity index (χ3n) is 5.11. The van der Waals surface area contributed by atoms with Gasteiger partial charge < -0.3 is 19.7 Å². The van der Waals surface area contributed by atoms with E-state index < -0.39 is 0 Å². The Kier molecular flexibility index (Phi) is 8.24. The molecule has 0 spiro atoms. The van der Waals surface area contributed by atoms with E-state index in [1.807, 2.05) is 0 Å². The van der Waals surface area contributed by atoms with Crippen LogP contribution in [-0.2, 0) is 15.9 Å². The molecule has 0 amide bonds. The van der Waals surface area contributed by atoms with Crippen LogP contribution in [0.2, 0.25) is 0 Å². The maximum atomic E-state index is 6.13. The molecule has 5 nitrogen and oxygen atoms in total. The summed E-state index contributed by atoms with van der Waals surface area (Å²) in [6, 6.07) is 2.19. The molecule has 0 radical (unpaired) electrons. The number of piperidine rings is 1. The Balaban J connectivity index is 1.40. The van der Waals surface area contributed by atoms with E-state index in [0.29, 0.717) is 12.2 Å². The highest BCUT2D eigenvalue weighted by Crippen LogP contribution is 2.18. The smallest absolute Gasteiger partial charge is 0.193 e. The zero-order chi connectivity index (χ0) is 18.0. The average Bonchev–Trinajstić information content (AvgIpc) is 3.20. The second-order valence-corrected chi connectivity index (χ2v) is 7.91. The Labute approximate surface area is 161 Å². The normalized spacial score (nSPS) is 22.6. The number of ether oxygens (including phenoxy) is 2. The van der Waals surface area contributed by atoms with Crippen molar-refractivity contribution in [3.8, 4) is 0 Å². The summed E-state index contributed by atoms with van der Waals surface area (Å²) in [5.41, 5.74) is 1.38. The van der Waals surface area contributed by atoms with Crippen molar-refractivity contribution in [2.24, 2.45) is 4.99 Å². The molecule has 3 rings (SSSR count). The van der Waals surface area contributed by atoms with E-state index in [2.05, 4.69) is 34.0 Å². The highest BCUT2D eigenvalue weighted by atomic mass is 32.1. The summed E-state index contributed by atoms with van der Waals surface area (Å²) in [6.07, 6.45) is 7.47. The van der Waals surface area contributed by atoms with Gasteiger partial charge in [-0.1, -0.05) is 0 Å². The summed E-state index contributed by atoms with van der Waals surface area (Å²) >= 11 is 1.75. The van der Waals surface area contributed by atoms with Gasteiger partial charge in [-0.05, 0) is 67.8 Å². The Bertz CT molecular complexity index is 521. The van der Waals surface area contributed by atoms with Crippen molar-refractivity contribution in [2.45, 2.75) is 57.7 Å². The molecule has 0 saturated carbocycles. The van der Waals surface area contributed by atoms with Crippen LogP contribution >= 0.6 is 11.3 Å². The van der Waals surface area contributed by atoms with Gasteiger partial charge in [0.1, 0.15) is 0 Å². The molecule has 2 saturated heterocycles. The van der Waals surface area contributed by atoms with Gasteiger partial charge in [-0.25, -0.2) is 0 Å². The first-order valence-corrected chi connectivity index (χ1v) is 11.1. The number of aliphatic imine (C=N–C) groups is 1. The molecule has 1 N–H and O–H groups in total. The second kappa shape index (κ2) is 10.9. The van der Waals surface area contributed by atoms with Crippen LogP contribution in [-0.4, -0.2) is 62.5 Å². The zero-order valence-electron chi connectivity index (χ0n) is 16.0. The number of thiophene rings is 1. The minimum absolute atomic E-state index is 0.317. The highest BCUT2D eigenvalue weighted by Gasteiger charge is 2.23. The molecule has 0 bridgehead atoms. The third kappa shape index (κ3) is 6.25. The van der Waals surface area contributed by atoms with Gasteiger partial charge in [0.05, 0.1) is 18.8 Å². The van der Waals surface area contributed by atoms with Crippen LogP contribution in [0.3, 0.4) is 0 Å². The van der Waals surface area contributed by atoms with Crippen LogP contribution in [0.4, 0.5) is 0 Å². The highest BCUT2D eigenvalue weighted by molar-refractivity contribution is 7.07. The maximum Gasteiger partial charge on any atom is 0.193 e. The van der Waals surface area contributed by atoms with Gasteiger partial charge in [0.2, 0.25) is 0 Å². The van der Waals surface area contributed by atoms with E-state index in [4.69, 9.17) is 14.5 Å². The molecule has 3 heterocycles. The fourth-order valence-electron chi connectivity index (χ4n) is 3.57. The average molecular weight is 380 g/mol. The van der Waals surface area contributed by atoms with Crippen LogP contribution in [0.25, 0.3) is 0 Å². The zero-order valence-corrected chi connectivity index (χ0v) is 16.8. The first-order chi connectivity index (χ1) is 12.8. The number of nitrogens with zero attached hydrogens (tertiary/aromatic N) is 2. The van der Waals surface area contributed by atoms with Crippen molar-refractivity contribution in [3.63, 3.8) is 0 Å². The van der Waals surface area contributed by atoms with Gasteiger partial charge in [-0.2, -0.15) is 11.3 Å². The van der Waals surface area contributed by atoms with Crippen LogP contribution < -0.4 is 5.32 Å². The quantitative estimate of drug-likeness (QED) is 0.583. The predicted molar refractivity (Wildman–Crippen MR) is 108 cm³/mol. The number of hydrogen-bond acceptors (Lipinski definition) is 4. The third-order valence-corrected chi connectivity index (χ3v) is 5.84. The molecule has 1 atom stereocenters. The lowest BCUT2D eigenvalue weighted by Crippen LogP contribution is -2.47. The molecule has 1 unspecified atom stereocenters. The summed E-state index contributed by atoms with van der Waals surface area (Å²) in [5.74, 6) is 1.05. The lowest BCUT2D eigenvalue weighted by Gasteiger charge is -2.35. The molecule has 0 aromatic carbocycles. The minimum atomic E-state index is 0.317. The summed E-state index contributed by atoms with van der Waals surface area (Å²) in [4.78, 5) is 7.21. The van der Waals surface area contributed by atoms with Crippen molar-refractivity contribution >= 4 is 17.3 Å². The van der Waals surface area contributed by atoms with Crippen molar-refractivity contribution in [2.75, 3.05) is 39.4 Å². The standard InChI is InChI=1S/C20H33N3O2S/c1-2-21-20(22-10-6-17-9-14-26-16-17)23-11-7-18(8-12-23)25-15-19-5-3-4-13-24-19/h9,14,16,18-19H,2-8,10-13,15H2,1H3,(H,21,22). The molecule has 1 aromatic rings. The van der Waals surface area contributed by atoms with Crippen LogP contribution in [0.1, 0.15) is 44.6 Å². The fraction of sp³-hybridized carbons (Fsp3) is 0.750. The van der Waals surface area contributed by atoms with Gasteiger partial charge in [0, 0.05) is 32.8 Å². The summed E-state index contributed by atoms with van der Waals surface area (Å²) in [7, 11) is 0. The van der Waals surface area contributed by atoms with Crippen molar-refractivity contribution in [1.82, 2.24) is 10.2 Å². The molecule has 2 aliphatic heterocycles. The number of hydrogen-bond donors (Lipinski definition) is 1. The second-order valence-electron chi connectivity index (χ2n) is 7.13. The van der Waals surface area contributed by atoms with E-state index in [-0.39, 0.29) is 0 Å². The Morgan fingerprint density at radius 3 is 2.92 bits per heavy atom. The number of nitrogens with one attached hydrogen (secondary N) is 1. The Morgan fingerprint density at radius 1 is 1.35 bits per heavy atom. The van der Waals surface area contributed by atoms with E-state index in [0.717, 1.165) is 71.0 Å². The van der Waals surface area contributed by atoms with E-state index >= 15 is 0 Å². The predicted octanol–water partition coefficient (Wildman–Crippen LogP) is 3.31. The van der Waals surface area contributed by atoms with Crippen LogP contribution in [0.5, 0.6) is 0 Å². The Morgan fingerprint density at radius 2 is 2.23 bits per heavy atom. The number of likely N-dealkylation sites (tertiary alicyclic amines) is 1. The van der Waals surface area contributed by atoms with Gasteiger partial charge in [-0.3, -0.25) is 4.99 Å². The monoisotopic (exact) mass is 379 g/mol. The molecule has 1 aromatic heterocycles. The molecule has 146 valence electrons. The lowest BCUT2D eigenvalue weighted by atomic mass is 10.1. The first kappa shape index (κ1) is 19.6. The molecule has 2 fully saturated rings. The Hall–Kier alpha value is -1.11. The lowest BCUT2D eigenvalue weighted by molar-refractivity contribution is -0.0721. The molecule has 0 aliphatic carbocycles. The van der Waals surface area contributed by atoms with Gasteiger partial charge >= 0.3 is 0 Å². The van der Waals surface area contributed by atoms with Gasteiger partial charge in [0.25, 0.3) is 0 Å². The maximum absolute atomic E-state index is 6.13. The molecule has 2 aliphatic rings. The topological polar surface area (TPSA) is 46.1 Å². The summed E-state index contributed by atoms with van der Waals surface area (Å²) in [6.45, 7) is 7.58. The fourth-order valence-corrected chi connectivity index (χ4v) is 4.27. The van der Waals surface area contributed by atoms with Gasteiger partial charge in [-0.15, -0.1) is 0 Å². The summed E-state index contributed by atoms with van der Waals surface area (Å²) in [5, 5.41) is 7.79. The van der Waals surface area contributed by atoms with Crippen molar-refractivity contribution in [1.29, 1.82) is 0 Å². The molecular weight excluding hydrogens is 346 g/mol. The molecule has 26 heavy (non-hydrogen) atoms. The molecule has 6 heteroatoms. The van der Waals surface area contributed by atoms with E-state index in [1.54, 1.807) is 11.3 Å². The van der Waals surface area contributed by atoms with E-state index in [1.165, 1.54) is 18.4 Å². The SMILES string of the molecule is CCNC(=NCCc1ccsc1)N1CCC(OCC2CCCCO2)CC1. The van der Waals surface area contributed by atoms with Crippen LogP contribution in [0.15, 0.2) is 21.8 Å². The summed E-state index contributed by atoms with van der Waals surface area (Å²) < 4.78 is 11.9. The molecular formula is C20H33N3O2S. The first-order valence-electron chi connectivity index (χ1n) is 10.1. The van der Waals surface area contributed by atoms with E-state index in [9.17, 15) is 0 Å². The van der Waals surface area contributed by atoms with Crippen molar-refractivity contribution < 1.29 is 9.47 Å². The minimum Gasteiger partial charge on any atom is -0.376 e.